The van der Waals surface area contributed by atoms with Gasteiger partial charge in [-0.25, -0.2) is 0 Å². The largest absolute Gasteiger partial charge is 0.368 e. The number of hydrogen-bond donors (Lipinski definition) is 2. The molecule has 0 spiro atoms. The first-order valence-corrected chi connectivity index (χ1v) is 7.49. The first kappa shape index (κ1) is 12.4. The average molecular weight is 281 g/mol. The molecule has 5 nitrogen and oxygen atoms in total. The van der Waals surface area contributed by atoms with Crippen molar-refractivity contribution in [2.45, 2.75) is 38.3 Å². The lowest BCUT2D eigenvalue weighted by molar-refractivity contribution is 0.750. The summed E-state index contributed by atoms with van der Waals surface area (Å²) in [6.07, 6.45) is 3.45. The third kappa shape index (κ3) is 2.28. The Bertz CT molecular complexity index is 680. The van der Waals surface area contributed by atoms with E-state index < -0.39 is 0 Å². The van der Waals surface area contributed by atoms with Crippen molar-refractivity contribution in [2.24, 2.45) is 0 Å². The lowest BCUT2D eigenvalue weighted by Crippen LogP contribution is -2.25. The first-order chi connectivity index (χ1) is 10.2. The van der Waals surface area contributed by atoms with E-state index in [1.54, 1.807) is 0 Å². The van der Waals surface area contributed by atoms with Crippen molar-refractivity contribution in [3.05, 3.63) is 35.9 Å². The van der Waals surface area contributed by atoms with Crippen molar-refractivity contribution in [1.29, 1.82) is 0 Å². The van der Waals surface area contributed by atoms with Crippen molar-refractivity contribution >= 4 is 23.3 Å². The van der Waals surface area contributed by atoms with E-state index in [4.69, 9.17) is 5.73 Å². The van der Waals surface area contributed by atoms with Gasteiger partial charge in [-0.05, 0) is 37.8 Å². The normalized spacial score (nSPS) is 20.4. The van der Waals surface area contributed by atoms with Crippen molar-refractivity contribution < 1.29 is 0 Å². The fourth-order valence-corrected chi connectivity index (χ4v) is 3.00. The molecule has 0 amide bonds. The predicted molar refractivity (Wildman–Crippen MR) is 84.8 cm³/mol. The lowest BCUT2D eigenvalue weighted by Gasteiger charge is -2.24. The molecule has 1 fully saturated rings. The molecule has 1 unspecified atom stereocenters. The van der Waals surface area contributed by atoms with Crippen LogP contribution < -0.4 is 16.0 Å². The number of anilines is 4. The van der Waals surface area contributed by atoms with Gasteiger partial charge in [0, 0.05) is 23.8 Å². The molecule has 1 saturated carbocycles. The van der Waals surface area contributed by atoms with E-state index in [1.165, 1.54) is 24.1 Å². The third-order valence-corrected chi connectivity index (χ3v) is 4.11. The van der Waals surface area contributed by atoms with Crippen LogP contribution in [0.2, 0.25) is 0 Å². The quantitative estimate of drug-likeness (QED) is 0.905. The van der Waals surface area contributed by atoms with E-state index in [0.29, 0.717) is 18.0 Å². The Morgan fingerprint density at radius 2 is 2.05 bits per heavy atom. The summed E-state index contributed by atoms with van der Waals surface area (Å²) in [5.41, 5.74) is 8.48. The standard InChI is InChI=1S/C16H19N5/c1-10-8-11-4-2-3-5-13(11)21(10)15-9-14(18-12-6-7-12)19-16(17)20-15/h2-5,9-10,12H,6-8H2,1H3,(H3,17,18,19,20). The Kier molecular flexibility index (Phi) is 2.74. The van der Waals surface area contributed by atoms with Crippen molar-refractivity contribution in [3.63, 3.8) is 0 Å². The summed E-state index contributed by atoms with van der Waals surface area (Å²) >= 11 is 0. The highest BCUT2D eigenvalue weighted by molar-refractivity contribution is 5.70. The van der Waals surface area contributed by atoms with Crippen LogP contribution in [0.3, 0.4) is 0 Å². The van der Waals surface area contributed by atoms with Crippen LogP contribution in [0.15, 0.2) is 30.3 Å². The molecule has 0 saturated heterocycles. The Hall–Kier alpha value is -2.30. The average Bonchev–Trinajstić information content (AvgIpc) is 3.18. The van der Waals surface area contributed by atoms with Gasteiger partial charge in [0.15, 0.2) is 0 Å². The van der Waals surface area contributed by atoms with Crippen LogP contribution in [0.4, 0.5) is 23.3 Å². The van der Waals surface area contributed by atoms with Gasteiger partial charge in [0.05, 0.1) is 0 Å². The number of nitrogens with two attached hydrogens (primary N) is 1. The second-order valence-corrected chi connectivity index (χ2v) is 5.94. The van der Waals surface area contributed by atoms with Crippen LogP contribution >= 0.6 is 0 Å². The second kappa shape index (κ2) is 4.62. The molecule has 1 aromatic heterocycles. The summed E-state index contributed by atoms with van der Waals surface area (Å²) in [6.45, 7) is 2.21. The van der Waals surface area contributed by atoms with Crippen molar-refractivity contribution in [3.8, 4) is 0 Å². The van der Waals surface area contributed by atoms with E-state index >= 15 is 0 Å². The van der Waals surface area contributed by atoms with Gasteiger partial charge in [0.2, 0.25) is 5.95 Å². The van der Waals surface area contributed by atoms with Gasteiger partial charge < -0.3 is 16.0 Å². The van der Waals surface area contributed by atoms with Gasteiger partial charge in [-0.15, -0.1) is 0 Å². The molecule has 2 aromatic rings. The number of benzene rings is 1. The zero-order valence-electron chi connectivity index (χ0n) is 12.1. The van der Waals surface area contributed by atoms with Crippen molar-refractivity contribution in [2.75, 3.05) is 16.0 Å². The maximum Gasteiger partial charge on any atom is 0.223 e. The van der Waals surface area contributed by atoms with Crippen LogP contribution in [-0.4, -0.2) is 22.1 Å². The molecule has 0 bridgehead atoms. The summed E-state index contributed by atoms with van der Waals surface area (Å²) < 4.78 is 0. The number of nitrogens with one attached hydrogen (secondary N) is 1. The van der Waals surface area contributed by atoms with E-state index in [9.17, 15) is 0 Å². The van der Waals surface area contributed by atoms with E-state index in [1.807, 2.05) is 6.07 Å². The molecule has 21 heavy (non-hydrogen) atoms. The summed E-state index contributed by atoms with van der Waals surface area (Å²) in [4.78, 5) is 11.0. The number of fused-ring (bicyclic) bond motifs is 1. The molecule has 2 heterocycles. The molecular weight excluding hydrogens is 262 g/mol. The topological polar surface area (TPSA) is 67.1 Å². The maximum atomic E-state index is 5.90. The molecule has 1 aliphatic heterocycles. The lowest BCUT2D eigenvalue weighted by atomic mass is 10.1. The molecule has 1 aliphatic carbocycles. The highest BCUT2D eigenvalue weighted by Gasteiger charge is 2.29. The Morgan fingerprint density at radius 3 is 2.86 bits per heavy atom. The van der Waals surface area contributed by atoms with E-state index in [-0.39, 0.29) is 0 Å². The van der Waals surface area contributed by atoms with Crippen LogP contribution in [0.25, 0.3) is 0 Å². The zero-order chi connectivity index (χ0) is 14.4. The third-order valence-electron chi connectivity index (χ3n) is 4.11. The first-order valence-electron chi connectivity index (χ1n) is 7.49. The van der Waals surface area contributed by atoms with Gasteiger partial charge in [0.25, 0.3) is 0 Å². The number of rotatable bonds is 3. The van der Waals surface area contributed by atoms with Gasteiger partial charge in [-0.3, -0.25) is 0 Å². The summed E-state index contributed by atoms with van der Waals surface area (Å²) in [5, 5.41) is 3.40. The molecule has 5 heteroatoms. The molecular formula is C16H19N5. The molecule has 1 aromatic carbocycles. The van der Waals surface area contributed by atoms with Crippen LogP contribution in [0, 0.1) is 0 Å². The number of aromatic nitrogens is 2. The van der Waals surface area contributed by atoms with Gasteiger partial charge in [-0.1, -0.05) is 18.2 Å². The molecule has 4 rings (SSSR count). The molecule has 0 radical (unpaired) electrons. The van der Waals surface area contributed by atoms with Crippen molar-refractivity contribution in [1.82, 2.24) is 9.97 Å². The molecule has 2 aliphatic rings. The summed E-state index contributed by atoms with van der Waals surface area (Å²) in [5.74, 6) is 2.03. The van der Waals surface area contributed by atoms with Crippen LogP contribution in [0.1, 0.15) is 25.3 Å². The fourth-order valence-electron chi connectivity index (χ4n) is 3.00. The Labute approximate surface area is 124 Å². The monoisotopic (exact) mass is 281 g/mol. The zero-order valence-corrected chi connectivity index (χ0v) is 12.1. The Morgan fingerprint density at radius 1 is 1.24 bits per heavy atom. The maximum absolute atomic E-state index is 5.90. The van der Waals surface area contributed by atoms with Gasteiger partial charge in [0.1, 0.15) is 11.6 Å². The smallest absolute Gasteiger partial charge is 0.223 e. The highest BCUT2D eigenvalue weighted by Crippen LogP contribution is 2.38. The summed E-state index contributed by atoms with van der Waals surface area (Å²) in [6, 6.07) is 11.4. The Balaban J connectivity index is 1.73. The summed E-state index contributed by atoms with van der Waals surface area (Å²) in [7, 11) is 0. The second-order valence-electron chi connectivity index (χ2n) is 5.94. The van der Waals surface area contributed by atoms with E-state index in [2.05, 4.69) is 51.4 Å². The highest BCUT2D eigenvalue weighted by atomic mass is 15.3. The van der Waals surface area contributed by atoms with Gasteiger partial charge in [-0.2, -0.15) is 9.97 Å². The predicted octanol–water partition coefficient (Wildman–Crippen LogP) is 2.72. The fraction of sp³-hybridized carbons (Fsp3) is 0.375. The SMILES string of the molecule is CC1Cc2ccccc2N1c1cc(NC2CC2)nc(N)n1. The molecule has 3 N–H and O–H groups in total. The minimum absolute atomic E-state index is 0.326. The van der Waals surface area contributed by atoms with Crippen LogP contribution in [-0.2, 0) is 6.42 Å². The number of para-hydroxylation sites is 1. The molecule has 108 valence electrons. The minimum Gasteiger partial charge on any atom is -0.368 e. The molecule has 1 atom stereocenters. The van der Waals surface area contributed by atoms with Crippen LogP contribution in [0.5, 0.6) is 0 Å². The number of hydrogen-bond acceptors (Lipinski definition) is 5. The minimum atomic E-state index is 0.326. The van der Waals surface area contributed by atoms with E-state index in [0.717, 1.165) is 18.1 Å². The van der Waals surface area contributed by atoms with Gasteiger partial charge >= 0.3 is 0 Å². The number of nitrogen functional groups attached to an aromatic ring is 1. The number of nitrogens with zero attached hydrogens (tertiary/aromatic N) is 3.